The molecule has 5 heteroatoms. The molecule has 1 N–H and O–H groups in total. The van der Waals surface area contributed by atoms with Crippen molar-refractivity contribution in [2.24, 2.45) is 0 Å². The van der Waals surface area contributed by atoms with Crippen LogP contribution in [0, 0.1) is 5.82 Å². The molecule has 0 saturated heterocycles. The van der Waals surface area contributed by atoms with Crippen molar-refractivity contribution in [2.45, 2.75) is 19.5 Å². The Kier molecular flexibility index (Phi) is 5.52. The summed E-state index contributed by atoms with van der Waals surface area (Å²) in [7, 11) is 1.87. The highest BCUT2D eigenvalue weighted by Crippen LogP contribution is 2.14. The van der Waals surface area contributed by atoms with Gasteiger partial charge in [0.1, 0.15) is 5.82 Å². The predicted molar refractivity (Wildman–Crippen MR) is 87.4 cm³/mol. The van der Waals surface area contributed by atoms with Crippen LogP contribution >= 0.6 is 11.6 Å². The van der Waals surface area contributed by atoms with E-state index in [2.05, 4.69) is 5.32 Å². The van der Waals surface area contributed by atoms with E-state index in [4.69, 9.17) is 11.6 Å². The molecule has 0 heterocycles. The molecular weight excluding hydrogens is 303 g/mol. The lowest BCUT2D eigenvalue weighted by Crippen LogP contribution is -2.39. The van der Waals surface area contributed by atoms with E-state index in [0.29, 0.717) is 17.3 Å². The molecule has 1 atom stereocenters. The van der Waals surface area contributed by atoms with Crippen LogP contribution in [0.1, 0.15) is 12.5 Å². The van der Waals surface area contributed by atoms with Crippen molar-refractivity contribution in [3.05, 3.63) is 64.9 Å². The number of benzene rings is 2. The molecule has 1 amide bonds. The van der Waals surface area contributed by atoms with Crippen molar-refractivity contribution in [2.75, 3.05) is 12.4 Å². The first-order chi connectivity index (χ1) is 10.5. The minimum absolute atomic E-state index is 0.142. The maximum Gasteiger partial charge on any atom is 0.241 e. The summed E-state index contributed by atoms with van der Waals surface area (Å²) >= 11 is 5.96. The summed E-state index contributed by atoms with van der Waals surface area (Å²) in [5.74, 6) is -0.472. The second-order valence-electron chi connectivity index (χ2n) is 5.22. The molecule has 3 nitrogen and oxygen atoms in total. The Morgan fingerprint density at radius 3 is 2.59 bits per heavy atom. The van der Waals surface area contributed by atoms with Gasteiger partial charge < -0.3 is 5.32 Å². The van der Waals surface area contributed by atoms with Crippen molar-refractivity contribution >= 4 is 23.2 Å². The topological polar surface area (TPSA) is 32.3 Å². The molecule has 0 aliphatic rings. The second kappa shape index (κ2) is 7.38. The normalized spacial score (nSPS) is 12.2. The molecule has 0 spiro atoms. The number of halogens is 2. The standard InChI is InChI=1S/C17H18ClFN2O/c1-12(17(22)20-16-8-6-15(19)7-9-16)21(2)11-13-4-3-5-14(18)10-13/h3-10,12H,11H2,1-2H3,(H,20,22)/t12-/m0/s1. The summed E-state index contributed by atoms with van der Waals surface area (Å²) in [6, 6.07) is 12.9. The van der Waals surface area contributed by atoms with Crippen LogP contribution in [0.15, 0.2) is 48.5 Å². The third kappa shape index (κ3) is 4.55. The molecule has 2 rings (SSSR count). The quantitative estimate of drug-likeness (QED) is 0.905. The third-order valence-electron chi connectivity index (χ3n) is 3.47. The first-order valence-electron chi connectivity index (χ1n) is 6.97. The summed E-state index contributed by atoms with van der Waals surface area (Å²) in [6.45, 7) is 2.43. The number of amides is 1. The lowest BCUT2D eigenvalue weighted by Gasteiger charge is -2.24. The Hall–Kier alpha value is -1.91. The molecule has 0 saturated carbocycles. The zero-order valence-electron chi connectivity index (χ0n) is 12.5. The zero-order valence-corrected chi connectivity index (χ0v) is 13.3. The number of hydrogen-bond donors (Lipinski definition) is 1. The van der Waals surface area contributed by atoms with E-state index in [1.165, 1.54) is 24.3 Å². The maximum absolute atomic E-state index is 12.9. The van der Waals surface area contributed by atoms with Gasteiger partial charge in [-0.2, -0.15) is 0 Å². The Labute approximate surface area is 134 Å². The van der Waals surface area contributed by atoms with Crippen LogP contribution in [0.25, 0.3) is 0 Å². The molecule has 0 radical (unpaired) electrons. The highest BCUT2D eigenvalue weighted by Gasteiger charge is 2.18. The maximum atomic E-state index is 12.9. The highest BCUT2D eigenvalue weighted by molar-refractivity contribution is 6.30. The van der Waals surface area contributed by atoms with Gasteiger partial charge in [-0.05, 0) is 55.9 Å². The summed E-state index contributed by atoms with van der Waals surface area (Å²) in [4.78, 5) is 14.1. The van der Waals surface area contributed by atoms with E-state index in [-0.39, 0.29) is 17.8 Å². The number of carbonyl (C=O) groups excluding carboxylic acids is 1. The number of nitrogens with one attached hydrogen (secondary N) is 1. The van der Waals surface area contributed by atoms with Crippen molar-refractivity contribution in [3.63, 3.8) is 0 Å². The van der Waals surface area contributed by atoms with Crippen LogP contribution in [0.2, 0.25) is 5.02 Å². The summed E-state index contributed by atoms with van der Waals surface area (Å²) < 4.78 is 12.9. The molecule has 116 valence electrons. The van der Waals surface area contributed by atoms with Gasteiger partial charge in [-0.25, -0.2) is 4.39 Å². The fourth-order valence-electron chi connectivity index (χ4n) is 2.04. The van der Waals surface area contributed by atoms with Gasteiger partial charge in [-0.15, -0.1) is 0 Å². The van der Waals surface area contributed by atoms with Gasteiger partial charge in [0, 0.05) is 17.3 Å². The van der Waals surface area contributed by atoms with Gasteiger partial charge >= 0.3 is 0 Å². The van der Waals surface area contributed by atoms with Crippen LogP contribution in [0.3, 0.4) is 0 Å². The SMILES string of the molecule is C[C@@H](C(=O)Nc1ccc(F)cc1)N(C)Cc1cccc(Cl)c1. The fraction of sp³-hybridized carbons (Fsp3) is 0.235. The molecule has 2 aromatic rings. The lowest BCUT2D eigenvalue weighted by molar-refractivity contribution is -0.120. The highest BCUT2D eigenvalue weighted by atomic mass is 35.5. The molecule has 0 fully saturated rings. The molecule has 22 heavy (non-hydrogen) atoms. The van der Waals surface area contributed by atoms with E-state index in [9.17, 15) is 9.18 Å². The van der Waals surface area contributed by atoms with Gasteiger partial charge in [0.15, 0.2) is 0 Å². The fourth-order valence-corrected chi connectivity index (χ4v) is 2.25. The molecular formula is C17H18ClFN2O. The number of hydrogen-bond acceptors (Lipinski definition) is 2. The molecule has 0 unspecified atom stereocenters. The van der Waals surface area contributed by atoms with Crippen LogP contribution in [0.5, 0.6) is 0 Å². The first kappa shape index (κ1) is 16.5. The van der Waals surface area contributed by atoms with Gasteiger partial charge in [0.05, 0.1) is 6.04 Å². The smallest absolute Gasteiger partial charge is 0.241 e. The molecule has 0 aliphatic heterocycles. The lowest BCUT2D eigenvalue weighted by atomic mass is 10.2. The molecule has 0 aliphatic carbocycles. The minimum atomic E-state index is -0.330. The average Bonchev–Trinajstić information content (AvgIpc) is 2.48. The second-order valence-corrected chi connectivity index (χ2v) is 5.65. The van der Waals surface area contributed by atoms with Crippen LogP contribution < -0.4 is 5.32 Å². The summed E-state index contributed by atoms with van der Waals surface area (Å²) in [6.07, 6.45) is 0. The molecule has 0 bridgehead atoms. The first-order valence-corrected chi connectivity index (χ1v) is 7.34. The van der Waals surface area contributed by atoms with Crippen molar-refractivity contribution in [3.8, 4) is 0 Å². The Morgan fingerprint density at radius 2 is 1.95 bits per heavy atom. The third-order valence-corrected chi connectivity index (χ3v) is 3.71. The van der Waals surface area contributed by atoms with E-state index in [1.54, 1.807) is 0 Å². The van der Waals surface area contributed by atoms with Gasteiger partial charge in [-0.1, -0.05) is 23.7 Å². The zero-order chi connectivity index (χ0) is 16.1. The van der Waals surface area contributed by atoms with Crippen molar-refractivity contribution < 1.29 is 9.18 Å². The van der Waals surface area contributed by atoms with Crippen LogP contribution in [-0.2, 0) is 11.3 Å². The minimum Gasteiger partial charge on any atom is -0.325 e. The predicted octanol–water partition coefficient (Wildman–Crippen LogP) is 3.94. The van der Waals surface area contributed by atoms with Crippen molar-refractivity contribution in [1.29, 1.82) is 0 Å². The van der Waals surface area contributed by atoms with Gasteiger partial charge in [0.2, 0.25) is 5.91 Å². The summed E-state index contributed by atoms with van der Waals surface area (Å²) in [5, 5.41) is 3.45. The number of likely N-dealkylation sites (N-methyl/N-ethyl adjacent to an activating group) is 1. The van der Waals surface area contributed by atoms with Gasteiger partial charge in [0.25, 0.3) is 0 Å². The summed E-state index contributed by atoms with van der Waals surface area (Å²) in [5.41, 5.74) is 1.62. The number of anilines is 1. The molecule has 0 aromatic heterocycles. The van der Waals surface area contributed by atoms with Crippen LogP contribution in [-0.4, -0.2) is 23.9 Å². The van der Waals surface area contributed by atoms with Crippen molar-refractivity contribution in [1.82, 2.24) is 4.90 Å². The van der Waals surface area contributed by atoms with E-state index in [1.807, 2.05) is 43.1 Å². The monoisotopic (exact) mass is 320 g/mol. The van der Waals surface area contributed by atoms with E-state index < -0.39 is 0 Å². The molecule has 2 aromatic carbocycles. The van der Waals surface area contributed by atoms with E-state index >= 15 is 0 Å². The van der Waals surface area contributed by atoms with E-state index in [0.717, 1.165) is 5.56 Å². The number of carbonyl (C=O) groups is 1. The largest absolute Gasteiger partial charge is 0.325 e. The van der Waals surface area contributed by atoms with Crippen LogP contribution in [0.4, 0.5) is 10.1 Å². The average molecular weight is 321 g/mol. The Balaban J connectivity index is 1.95. The number of rotatable bonds is 5. The Morgan fingerprint density at radius 1 is 1.27 bits per heavy atom. The Bertz CT molecular complexity index is 645. The van der Waals surface area contributed by atoms with Gasteiger partial charge in [-0.3, -0.25) is 9.69 Å². The number of nitrogens with zero attached hydrogens (tertiary/aromatic N) is 1.